The summed E-state index contributed by atoms with van der Waals surface area (Å²) in [7, 11) is 0. The predicted molar refractivity (Wildman–Crippen MR) is 69.7 cm³/mol. The molecule has 1 fully saturated rings. The molecule has 0 radical (unpaired) electrons. The molecule has 1 saturated carbocycles. The normalized spacial score (nSPS) is 22.4. The van der Waals surface area contributed by atoms with Crippen LogP contribution in [0.1, 0.15) is 43.5 Å². The molecular formula is C14H20N2O. The van der Waals surface area contributed by atoms with Crippen LogP contribution in [0, 0.1) is 5.41 Å². The lowest BCUT2D eigenvalue weighted by atomic mass is 9.87. The smallest absolute Gasteiger partial charge is 0.253 e. The van der Waals surface area contributed by atoms with Gasteiger partial charge in [0, 0.05) is 11.7 Å². The molecule has 1 aliphatic rings. The van der Waals surface area contributed by atoms with E-state index in [1.807, 2.05) is 12.1 Å². The number of hydrogen-bond acceptors (Lipinski definition) is 2. The van der Waals surface area contributed by atoms with Crippen molar-refractivity contribution >= 4 is 11.6 Å². The number of hydrogen-bond donors (Lipinski definition) is 2. The molecule has 1 aromatic carbocycles. The van der Waals surface area contributed by atoms with Crippen molar-refractivity contribution in [2.75, 3.05) is 5.73 Å². The maximum Gasteiger partial charge on any atom is 0.253 e. The molecule has 0 aliphatic heterocycles. The van der Waals surface area contributed by atoms with Crippen molar-refractivity contribution in [3.63, 3.8) is 0 Å². The Bertz CT molecular complexity index is 426. The topological polar surface area (TPSA) is 55.1 Å². The van der Waals surface area contributed by atoms with E-state index in [4.69, 9.17) is 5.73 Å². The highest BCUT2D eigenvalue weighted by Gasteiger charge is 2.35. The molecule has 0 saturated heterocycles. The van der Waals surface area contributed by atoms with Crippen LogP contribution in [0.4, 0.5) is 5.69 Å². The zero-order valence-electron chi connectivity index (χ0n) is 10.5. The van der Waals surface area contributed by atoms with Gasteiger partial charge in [-0.2, -0.15) is 0 Å². The monoisotopic (exact) mass is 232 g/mol. The largest absolute Gasteiger partial charge is 0.398 e. The molecule has 17 heavy (non-hydrogen) atoms. The minimum Gasteiger partial charge on any atom is -0.398 e. The lowest BCUT2D eigenvalue weighted by Crippen LogP contribution is -2.41. The van der Waals surface area contributed by atoms with Gasteiger partial charge in [0.05, 0.1) is 5.56 Å². The van der Waals surface area contributed by atoms with Crippen molar-refractivity contribution in [3.8, 4) is 0 Å². The van der Waals surface area contributed by atoms with E-state index in [1.165, 1.54) is 12.8 Å². The SMILES string of the molecule is CC1(C)CCCC1NC(=O)c1ccccc1N. The Labute approximate surface area is 102 Å². The summed E-state index contributed by atoms with van der Waals surface area (Å²) in [5.41, 5.74) is 7.12. The van der Waals surface area contributed by atoms with E-state index in [9.17, 15) is 4.79 Å². The minimum atomic E-state index is -0.0527. The summed E-state index contributed by atoms with van der Waals surface area (Å²) >= 11 is 0. The quantitative estimate of drug-likeness (QED) is 0.770. The number of carbonyl (C=O) groups is 1. The number of para-hydroxylation sites is 1. The molecule has 1 atom stereocenters. The van der Waals surface area contributed by atoms with Crippen LogP contribution in [0.3, 0.4) is 0 Å². The Hall–Kier alpha value is -1.51. The van der Waals surface area contributed by atoms with Gasteiger partial charge in [0.2, 0.25) is 0 Å². The molecule has 3 N–H and O–H groups in total. The van der Waals surface area contributed by atoms with Crippen LogP contribution in [0.2, 0.25) is 0 Å². The molecule has 1 aliphatic carbocycles. The molecule has 3 heteroatoms. The first kappa shape index (κ1) is 12.0. The molecule has 1 unspecified atom stereocenters. The second-order valence-corrected chi connectivity index (χ2v) is 5.49. The summed E-state index contributed by atoms with van der Waals surface area (Å²) in [5, 5.41) is 3.11. The van der Waals surface area contributed by atoms with E-state index in [0.29, 0.717) is 11.3 Å². The number of carbonyl (C=O) groups excluding carboxylic acids is 1. The zero-order valence-corrected chi connectivity index (χ0v) is 10.5. The van der Waals surface area contributed by atoms with Crippen LogP contribution < -0.4 is 11.1 Å². The van der Waals surface area contributed by atoms with Crippen molar-refractivity contribution in [2.45, 2.75) is 39.2 Å². The Morgan fingerprint density at radius 2 is 2.12 bits per heavy atom. The van der Waals surface area contributed by atoms with Crippen molar-refractivity contribution < 1.29 is 4.79 Å². The molecule has 1 amide bonds. The summed E-state index contributed by atoms with van der Waals surface area (Å²) in [6.07, 6.45) is 3.41. The first-order valence-corrected chi connectivity index (χ1v) is 6.16. The molecule has 2 rings (SSSR count). The van der Waals surface area contributed by atoms with Gasteiger partial charge in [-0.1, -0.05) is 32.4 Å². The molecular weight excluding hydrogens is 212 g/mol. The first-order chi connectivity index (χ1) is 8.00. The van der Waals surface area contributed by atoms with E-state index in [2.05, 4.69) is 19.2 Å². The second-order valence-electron chi connectivity index (χ2n) is 5.49. The minimum absolute atomic E-state index is 0.0527. The van der Waals surface area contributed by atoms with Gasteiger partial charge in [-0.05, 0) is 30.4 Å². The highest BCUT2D eigenvalue weighted by atomic mass is 16.1. The summed E-state index contributed by atoms with van der Waals surface area (Å²) in [5.74, 6) is -0.0527. The van der Waals surface area contributed by atoms with Crippen LogP contribution >= 0.6 is 0 Å². The van der Waals surface area contributed by atoms with Crippen molar-refractivity contribution in [2.24, 2.45) is 5.41 Å². The number of amides is 1. The summed E-state index contributed by atoms with van der Waals surface area (Å²) in [4.78, 5) is 12.1. The van der Waals surface area contributed by atoms with E-state index < -0.39 is 0 Å². The van der Waals surface area contributed by atoms with Crippen molar-refractivity contribution in [1.29, 1.82) is 0 Å². The predicted octanol–water partition coefficient (Wildman–Crippen LogP) is 2.58. The average Bonchev–Trinajstić information content (AvgIpc) is 2.59. The number of nitrogens with one attached hydrogen (secondary N) is 1. The van der Waals surface area contributed by atoms with Gasteiger partial charge in [0.25, 0.3) is 5.91 Å². The zero-order chi connectivity index (χ0) is 12.5. The van der Waals surface area contributed by atoms with Gasteiger partial charge in [-0.3, -0.25) is 4.79 Å². The Balaban J connectivity index is 2.10. The third kappa shape index (κ3) is 2.43. The van der Waals surface area contributed by atoms with Gasteiger partial charge in [-0.25, -0.2) is 0 Å². The molecule has 0 aromatic heterocycles. The molecule has 92 valence electrons. The second kappa shape index (κ2) is 4.40. The van der Waals surface area contributed by atoms with E-state index in [0.717, 1.165) is 6.42 Å². The third-order valence-electron chi connectivity index (χ3n) is 3.77. The number of anilines is 1. The van der Waals surface area contributed by atoms with Crippen LogP contribution in [0.15, 0.2) is 24.3 Å². The van der Waals surface area contributed by atoms with Crippen molar-refractivity contribution in [3.05, 3.63) is 29.8 Å². The van der Waals surface area contributed by atoms with Gasteiger partial charge in [-0.15, -0.1) is 0 Å². The number of nitrogens with two attached hydrogens (primary N) is 1. The van der Waals surface area contributed by atoms with E-state index in [1.54, 1.807) is 12.1 Å². The Morgan fingerprint density at radius 1 is 1.41 bits per heavy atom. The third-order valence-corrected chi connectivity index (χ3v) is 3.77. The summed E-state index contributed by atoms with van der Waals surface area (Å²) < 4.78 is 0. The van der Waals surface area contributed by atoms with Crippen LogP contribution in [-0.2, 0) is 0 Å². The van der Waals surface area contributed by atoms with Crippen LogP contribution in [-0.4, -0.2) is 11.9 Å². The maximum atomic E-state index is 12.1. The first-order valence-electron chi connectivity index (χ1n) is 6.16. The fraction of sp³-hybridized carbons (Fsp3) is 0.500. The van der Waals surface area contributed by atoms with E-state index >= 15 is 0 Å². The van der Waals surface area contributed by atoms with Gasteiger partial charge >= 0.3 is 0 Å². The average molecular weight is 232 g/mol. The van der Waals surface area contributed by atoms with Gasteiger partial charge < -0.3 is 11.1 Å². The lowest BCUT2D eigenvalue weighted by Gasteiger charge is -2.28. The highest BCUT2D eigenvalue weighted by Crippen LogP contribution is 2.37. The molecule has 0 bridgehead atoms. The van der Waals surface area contributed by atoms with Gasteiger partial charge in [0.15, 0.2) is 0 Å². The van der Waals surface area contributed by atoms with Crippen LogP contribution in [0.25, 0.3) is 0 Å². The Morgan fingerprint density at radius 3 is 2.71 bits per heavy atom. The maximum absolute atomic E-state index is 12.1. The highest BCUT2D eigenvalue weighted by molar-refractivity contribution is 5.99. The molecule has 0 heterocycles. The van der Waals surface area contributed by atoms with Crippen LogP contribution in [0.5, 0.6) is 0 Å². The standard InChI is InChI=1S/C14H20N2O/c1-14(2)9-5-8-12(14)16-13(17)10-6-3-4-7-11(10)15/h3-4,6-7,12H,5,8-9,15H2,1-2H3,(H,16,17). The number of benzene rings is 1. The molecule has 0 spiro atoms. The summed E-state index contributed by atoms with van der Waals surface area (Å²) in [6.45, 7) is 4.42. The Kier molecular flexibility index (Phi) is 3.09. The fourth-order valence-corrected chi connectivity index (χ4v) is 2.53. The number of rotatable bonds is 2. The lowest BCUT2D eigenvalue weighted by molar-refractivity contribution is 0.0911. The molecule has 1 aromatic rings. The molecule has 3 nitrogen and oxygen atoms in total. The fourth-order valence-electron chi connectivity index (χ4n) is 2.53. The number of nitrogen functional groups attached to an aromatic ring is 1. The van der Waals surface area contributed by atoms with Crippen molar-refractivity contribution in [1.82, 2.24) is 5.32 Å². The summed E-state index contributed by atoms with van der Waals surface area (Å²) in [6, 6.07) is 7.47. The van der Waals surface area contributed by atoms with Gasteiger partial charge in [0.1, 0.15) is 0 Å². The van der Waals surface area contributed by atoms with E-state index in [-0.39, 0.29) is 17.4 Å².